The first kappa shape index (κ1) is 14.0. The first-order chi connectivity index (χ1) is 8.21. The SMILES string of the molecule is CC(C)(C)N(CC(=O)O)C(=O)c1cccc(=O)[nH]1. The maximum Gasteiger partial charge on any atom is 0.323 e. The number of hydrogen-bond donors (Lipinski definition) is 2. The van der Waals surface area contributed by atoms with E-state index in [4.69, 9.17) is 5.11 Å². The molecule has 0 saturated heterocycles. The number of nitrogens with zero attached hydrogens (tertiary/aromatic N) is 1. The van der Waals surface area contributed by atoms with Crippen molar-refractivity contribution in [3.05, 3.63) is 34.2 Å². The number of amides is 1. The molecule has 0 radical (unpaired) electrons. The molecule has 0 aliphatic carbocycles. The molecule has 1 amide bonds. The Morgan fingerprint density at radius 3 is 2.39 bits per heavy atom. The van der Waals surface area contributed by atoms with Crippen LogP contribution < -0.4 is 5.56 Å². The van der Waals surface area contributed by atoms with E-state index in [-0.39, 0.29) is 5.69 Å². The first-order valence-corrected chi connectivity index (χ1v) is 5.45. The third kappa shape index (κ3) is 3.44. The lowest BCUT2D eigenvalue weighted by molar-refractivity contribution is -0.138. The van der Waals surface area contributed by atoms with E-state index in [0.29, 0.717) is 0 Å². The van der Waals surface area contributed by atoms with Crippen molar-refractivity contribution in [2.75, 3.05) is 6.54 Å². The summed E-state index contributed by atoms with van der Waals surface area (Å²) >= 11 is 0. The average Bonchev–Trinajstić information content (AvgIpc) is 2.23. The maximum atomic E-state index is 12.2. The lowest BCUT2D eigenvalue weighted by atomic mass is 10.1. The van der Waals surface area contributed by atoms with Crippen LogP contribution >= 0.6 is 0 Å². The Kier molecular flexibility index (Phi) is 3.90. The van der Waals surface area contributed by atoms with E-state index < -0.39 is 29.5 Å². The van der Waals surface area contributed by atoms with Gasteiger partial charge in [-0.1, -0.05) is 6.07 Å². The van der Waals surface area contributed by atoms with E-state index in [9.17, 15) is 14.4 Å². The van der Waals surface area contributed by atoms with E-state index >= 15 is 0 Å². The van der Waals surface area contributed by atoms with Gasteiger partial charge in [0, 0.05) is 11.6 Å². The summed E-state index contributed by atoms with van der Waals surface area (Å²) in [6.45, 7) is 4.78. The first-order valence-electron chi connectivity index (χ1n) is 5.45. The number of pyridine rings is 1. The Balaban J connectivity index is 3.10. The Morgan fingerprint density at radius 1 is 1.33 bits per heavy atom. The topological polar surface area (TPSA) is 90.5 Å². The van der Waals surface area contributed by atoms with E-state index in [1.54, 1.807) is 20.8 Å². The van der Waals surface area contributed by atoms with Crippen LogP contribution in [0.15, 0.2) is 23.0 Å². The smallest absolute Gasteiger partial charge is 0.323 e. The van der Waals surface area contributed by atoms with Crippen LogP contribution in [-0.4, -0.2) is 39.0 Å². The fourth-order valence-electron chi connectivity index (χ4n) is 1.47. The standard InChI is InChI=1S/C12H16N2O4/c1-12(2,3)14(7-10(16)17)11(18)8-5-4-6-9(15)13-8/h4-6H,7H2,1-3H3,(H,13,15)(H,16,17). The predicted octanol–water partition coefficient (Wildman–Crippen LogP) is 0.700. The van der Waals surface area contributed by atoms with E-state index in [2.05, 4.69) is 4.98 Å². The molecular weight excluding hydrogens is 236 g/mol. The van der Waals surface area contributed by atoms with E-state index in [1.807, 2.05) is 0 Å². The molecule has 1 heterocycles. The fourth-order valence-corrected chi connectivity index (χ4v) is 1.47. The number of H-pyrrole nitrogens is 1. The van der Waals surface area contributed by atoms with Crippen LogP contribution in [0.1, 0.15) is 31.3 Å². The minimum Gasteiger partial charge on any atom is -0.480 e. The molecule has 1 aromatic heterocycles. The minimum absolute atomic E-state index is 0.0821. The van der Waals surface area contributed by atoms with Crippen LogP contribution in [0.5, 0.6) is 0 Å². The van der Waals surface area contributed by atoms with Gasteiger partial charge in [-0.3, -0.25) is 14.4 Å². The quantitative estimate of drug-likeness (QED) is 0.828. The van der Waals surface area contributed by atoms with Gasteiger partial charge in [0.15, 0.2) is 0 Å². The Bertz CT molecular complexity index is 513. The molecule has 0 unspecified atom stereocenters. The lowest BCUT2D eigenvalue weighted by Crippen LogP contribution is -2.48. The third-order valence-corrected chi connectivity index (χ3v) is 2.35. The van der Waals surface area contributed by atoms with Gasteiger partial charge >= 0.3 is 5.97 Å². The summed E-state index contributed by atoms with van der Waals surface area (Å²) in [4.78, 5) is 37.7. The van der Waals surface area contributed by atoms with E-state index in [1.165, 1.54) is 23.1 Å². The molecule has 98 valence electrons. The van der Waals surface area contributed by atoms with Gasteiger partial charge in [0.1, 0.15) is 12.2 Å². The highest BCUT2D eigenvalue weighted by Gasteiger charge is 2.29. The summed E-state index contributed by atoms with van der Waals surface area (Å²) in [5.74, 6) is -1.61. The number of aromatic nitrogens is 1. The van der Waals surface area contributed by atoms with Gasteiger partial charge in [-0.25, -0.2) is 0 Å². The molecular formula is C12H16N2O4. The normalized spacial score (nSPS) is 11.1. The monoisotopic (exact) mass is 252 g/mol. The Morgan fingerprint density at radius 2 is 1.94 bits per heavy atom. The summed E-state index contributed by atoms with van der Waals surface area (Å²) in [6.07, 6.45) is 0. The summed E-state index contributed by atoms with van der Waals surface area (Å²) in [5, 5.41) is 8.83. The summed E-state index contributed by atoms with van der Waals surface area (Å²) in [6, 6.07) is 4.19. The van der Waals surface area contributed by atoms with Crippen LogP contribution in [0.2, 0.25) is 0 Å². The van der Waals surface area contributed by atoms with E-state index in [0.717, 1.165) is 0 Å². The minimum atomic E-state index is -1.10. The average molecular weight is 252 g/mol. The van der Waals surface area contributed by atoms with Crippen LogP contribution in [0.25, 0.3) is 0 Å². The molecule has 0 atom stereocenters. The lowest BCUT2D eigenvalue weighted by Gasteiger charge is -2.34. The number of aromatic amines is 1. The zero-order valence-electron chi connectivity index (χ0n) is 10.6. The van der Waals surface area contributed by atoms with Crippen molar-refractivity contribution in [1.82, 2.24) is 9.88 Å². The molecule has 0 fully saturated rings. The molecule has 0 aliphatic rings. The largest absolute Gasteiger partial charge is 0.480 e. The summed E-state index contributed by atoms with van der Waals surface area (Å²) in [5.41, 5.74) is -0.967. The highest BCUT2D eigenvalue weighted by atomic mass is 16.4. The molecule has 1 rings (SSSR count). The summed E-state index contributed by atoms with van der Waals surface area (Å²) < 4.78 is 0. The fraction of sp³-hybridized carbons (Fsp3) is 0.417. The molecule has 0 saturated carbocycles. The van der Waals surface area contributed by atoms with Crippen molar-refractivity contribution in [3.8, 4) is 0 Å². The number of carboxylic acid groups (broad SMARTS) is 1. The van der Waals surface area contributed by atoms with Crippen LogP contribution in [-0.2, 0) is 4.79 Å². The number of carbonyl (C=O) groups is 2. The third-order valence-electron chi connectivity index (χ3n) is 2.35. The zero-order valence-corrected chi connectivity index (χ0v) is 10.6. The van der Waals surface area contributed by atoms with Gasteiger partial charge in [-0.15, -0.1) is 0 Å². The van der Waals surface area contributed by atoms with Crippen molar-refractivity contribution in [2.24, 2.45) is 0 Å². The number of rotatable bonds is 3. The maximum absolute atomic E-state index is 12.2. The van der Waals surface area contributed by atoms with Crippen molar-refractivity contribution in [2.45, 2.75) is 26.3 Å². The number of aliphatic carboxylic acids is 1. The van der Waals surface area contributed by atoms with Gasteiger partial charge in [0.25, 0.3) is 5.91 Å². The second-order valence-corrected chi connectivity index (χ2v) is 4.88. The van der Waals surface area contributed by atoms with Gasteiger partial charge in [-0.2, -0.15) is 0 Å². The van der Waals surface area contributed by atoms with Crippen molar-refractivity contribution < 1.29 is 14.7 Å². The van der Waals surface area contributed by atoms with Gasteiger partial charge in [0.05, 0.1) is 0 Å². The van der Waals surface area contributed by atoms with Crippen LogP contribution in [0.3, 0.4) is 0 Å². The number of nitrogens with one attached hydrogen (secondary N) is 1. The molecule has 0 aromatic carbocycles. The van der Waals surface area contributed by atoms with Crippen molar-refractivity contribution >= 4 is 11.9 Å². The highest BCUT2D eigenvalue weighted by molar-refractivity contribution is 5.94. The summed E-state index contributed by atoms with van der Waals surface area (Å²) in [7, 11) is 0. The van der Waals surface area contributed by atoms with Gasteiger partial charge in [0.2, 0.25) is 5.56 Å². The second-order valence-electron chi connectivity index (χ2n) is 4.88. The van der Waals surface area contributed by atoms with Gasteiger partial charge < -0.3 is 15.0 Å². The molecule has 0 spiro atoms. The van der Waals surface area contributed by atoms with Crippen LogP contribution in [0, 0.1) is 0 Å². The molecule has 18 heavy (non-hydrogen) atoms. The molecule has 1 aromatic rings. The Hall–Kier alpha value is -2.11. The number of carboxylic acids is 1. The molecule has 6 nitrogen and oxygen atoms in total. The van der Waals surface area contributed by atoms with Gasteiger partial charge in [-0.05, 0) is 26.8 Å². The molecule has 0 aliphatic heterocycles. The second kappa shape index (κ2) is 5.03. The number of hydrogen-bond acceptors (Lipinski definition) is 3. The molecule has 6 heteroatoms. The molecule has 2 N–H and O–H groups in total. The zero-order chi connectivity index (χ0) is 13.9. The van der Waals surface area contributed by atoms with Crippen LogP contribution in [0.4, 0.5) is 0 Å². The predicted molar refractivity (Wildman–Crippen MR) is 65.5 cm³/mol. The van der Waals surface area contributed by atoms with Crippen molar-refractivity contribution in [3.63, 3.8) is 0 Å². The Labute approximate surface area is 104 Å². The van der Waals surface area contributed by atoms with Crippen molar-refractivity contribution in [1.29, 1.82) is 0 Å². The molecule has 0 bridgehead atoms. The number of carbonyl (C=O) groups excluding carboxylic acids is 1. The highest BCUT2D eigenvalue weighted by Crippen LogP contribution is 2.15.